The second-order valence-electron chi connectivity index (χ2n) is 11.5. The van der Waals surface area contributed by atoms with E-state index in [0.29, 0.717) is 51.4 Å². The van der Waals surface area contributed by atoms with Crippen LogP contribution in [0, 0.1) is 0 Å². The van der Waals surface area contributed by atoms with Crippen molar-refractivity contribution in [3.63, 3.8) is 0 Å². The number of carbonyl (C=O) groups is 4. The van der Waals surface area contributed by atoms with E-state index in [-0.39, 0.29) is 43.6 Å². The average molecular weight is 707 g/mol. The number of carbonyl (C=O) groups excluding carboxylic acids is 4. The molecule has 7 heteroatoms. The second kappa shape index (κ2) is 21.8. The Morgan fingerprint density at radius 2 is 0.800 bits per heavy atom. The number of nitrogens with zero attached hydrogens (tertiary/aromatic N) is 2. The monoisotopic (exact) mass is 706 g/mol. The standard InChI is InChI=1S/C38H52N2O4.Pd/c1-7-13-15-37(39-31-19-17-27(23-33(41)9-3)29(21-31)25-35(43)11-5)38(16-14-8-2)40-32-20-18-28(24-34(42)10-4)30(22-32)26-36(44)12-6;/h17-22H,7-16,23-26H2,1-6H3;. The van der Waals surface area contributed by atoms with Crippen LogP contribution in [-0.4, -0.2) is 34.6 Å². The fourth-order valence-electron chi connectivity index (χ4n) is 4.92. The Hall–Kier alpha value is -2.88. The van der Waals surface area contributed by atoms with Crippen LogP contribution in [0.2, 0.25) is 0 Å². The molecule has 0 aliphatic rings. The van der Waals surface area contributed by atoms with Gasteiger partial charge in [-0.05, 0) is 72.2 Å². The van der Waals surface area contributed by atoms with Gasteiger partial charge in [-0.3, -0.25) is 29.2 Å². The summed E-state index contributed by atoms with van der Waals surface area (Å²) >= 11 is 0. The van der Waals surface area contributed by atoms with E-state index in [2.05, 4.69) is 13.8 Å². The van der Waals surface area contributed by atoms with Gasteiger partial charge >= 0.3 is 0 Å². The fourth-order valence-corrected chi connectivity index (χ4v) is 4.92. The third-order valence-electron chi connectivity index (χ3n) is 7.90. The van der Waals surface area contributed by atoms with Crippen LogP contribution in [0.3, 0.4) is 0 Å². The van der Waals surface area contributed by atoms with Crippen LogP contribution in [0.25, 0.3) is 0 Å². The Kier molecular flexibility index (Phi) is 19.4. The Bertz CT molecular complexity index is 1260. The molecule has 0 spiro atoms. The van der Waals surface area contributed by atoms with E-state index < -0.39 is 0 Å². The Labute approximate surface area is 284 Å². The number of hydrogen-bond acceptors (Lipinski definition) is 6. The van der Waals surface area contributed by atoms with Crippen LogP contribution in [0.4, 0.5) is 11.4 Å². The summed E-state index contributed by atoms with van der Waals surface area (Å²) in [6.07, 6.45) is 8.52. The molecule has 0 N–H and O–H groups in total. The average Bonchev–Trinajstić information content (AvgIpc) is 3.03. The van der Waals surface area contributed by atoms with Crippen LogP contribution < -0.4 is 0 Å². The van der Waals surface area contributed by atoms with Crippen molar-refractivity contribution in [1.29, 1.82) is 0 Å². The van der Waals surface area contributed by atoms with Gasteiger partial charge in [0.1, 0.15) is 23.1 Å². The van der Waals surface area contributed by atoms with Gasteiger partial charge in [-0.25, -0.2) is 0 Å². The van der Waals surface area contributed by atoms with Crippen molar-refractivity contribution in [2.24, 2.45) is 9.98 Å². The molecule has 0 aliphatic heterocycles. The molecule has 6 nitrogen and oxygen atoms in total. The van der Waals surface area contributed by atoms with Gasteiger partial charge in [-0.2, -0.15) is 0 Å². The molecule has 0 radical (unpaired) electrons. The summed E-state index contributed by atoms with van der Waals surface area (Å²) in [6, 6.07) is 11.7. The molecular weight excluding hydrogens is 655 g/mol. The maximum absolute atomic E-state index is 12.4. The fraction of sp³-hybridized carbons (Fsp3) is 0.526. The summed E-state index contributed by atoms with van der Waals surface area (Å²) in [5.41, 5.74) is 6.87. The number of rotatable bonds is 21. The summed E-state index contributed by atoms with van der Waals surface area (Å²) in [7, 11) is 0. The number of hydrogen-bond donors (Lipinski definition) is 0. The molecule has 0 heterocycles. The summed E-state index contributed by atoms with van der Waals surface area (Å²) in [6.45, 7) is 11.7. The molecule has 0 saturated heterocycles. The van der Waals surface area contributed by atoms with Crippen molar-refractivity contribution >= 4 is 45.9 Å². The van der Waals surface area contributed by atoms with Gasteiger partial charge in [0.15, 0.2) is 0 Å². The molecule has 2 rings (SSSR count). The zero-order valence-electron chi connectivity index (χ0n) is 28.2. The van der Waals surface area contributed by atoms with Crippen molar-refractivity contribution in [3.05, 3.63) is 58.7 Å². The van der Waals surface area contributed by atoms with Gasteiger partial charge < -0.3 is 0 Å². The van der Waals surface area contributed by atoms with E-state index in [1.54, 1.807) is 0 Å². The predicted molar refractivity (Wildman–Crippen MR) is 182 cm³/mol. The molecule has 0 fully saturated rings. The number of Topliss-reactive ketones (excluding diaryl/α,β-unsaturated/α-hetero) is 4. The van der Waals surface area contributed by atoms with Crippen LogP contribution in [0.1, 0.15) is 128 Å². The minimum absolute atomic E-state index is 0. The first kappa shape index (κ1) is 40.1. The van der Waals surface area contributed by atoms with Crippen molar-refractivity contribution < 1.29 is 39.6 Å². The quantitative estimate of drug-likeness (QED) is 0.0957. The topological polar surface area (TPSA) is 93.0 Å². The van der Waals surface area contributed by atoms with E-state index in [1.807, 2.05) is 64.1 Å². The Balaban J connectivity index is 0.0000101. The van der Waals surface area contributed by atoms with Gasteiger partial charge in [0.25, 0.3) is 0 Å². The third kappa shape index (κ3) is 14.0. The molecule has 0 bridgehead atoms. The van der Waals surface area contributed by atoms with Gasteiger partial charge in [0.2, 0.25) is 0 Å². The normalized spacial score (nSPS) is 11.7. The van der Waals surface area contributed by atoms with Gasteiger partial charge in [0.05, 0.1) is 22.8 Å². The largest absolute Gasteiger partial charge is 0.299 e. The van der Waals surface area contributed by atoms with Gasteiger partial charge in [0, 0.05) is 71.8 Å². The van der Waals surface area contributed by atoms with Gasteiger partial charge in [-0.1, -0.05) is 66.5 Å². The summed E-state index contributed by atoms with van der Waals surface area (Å²) in [5, 5.41) is 0. The second-order valence-corrected chi connectivity index (χ2v) is 11.5. The first-order valence-electron chi connectivity index (χ1n) is 16.6. The van der Waals surface area contributed by atoms with E-state index in [4.69, 9.17) is 9.98 Å². The van der Waals surface area contributed by atoms with Gasteiger partial charge in [-0.15, -0.1) is 0 Å². The predicted octanol–water partition coefficient (Wildman–Crippen LogP) is 9.00. The Morgan fingerprint density at radius 3 is 1.09 bits per heavy atom. The van der Waals surface area contributed by atoms with Crippen molar-refractivity contribution in [3.8, 4) is 0 Å². The molecule has 2 aromatic rings. The minimum Gasteiger partial charge on any atom is -0.299 e. The molecule has 248 valence electrons. The number of ketones is 4. The molecule has 0 unspecified atom stereocenters. The van der Waals surface area contributed by atoms with Crippen LogP contribution in [0.15, 0.2) is 46.4 Å². The minimum atomic E-state index is 0. The zero-order chi connectivity index (χ0) is 32.5. The first-order valence-corrected chi connectivity index (χ1v) is 16.6. The van der Waals surface area contributed by atoms with Crippen molar-refractivity contribution in [1.82, 2.24) is 0 Å². The van der Waals surface area contributed by atoms with E-state index in [0.717, 1.165) is 83.6 Å². The summed E-state index contributed by atoms with van der Waals surface area (Å²) in [4.78, 5) is 59.6. The molecular formula is C38H52N2O4Pd. The zero-order valence-corrected chi connectivity index (χ0v) is 29.8. The number of unbranched alkanes of at least 4 members (excludes halogenated alkanes) is 2. The van der Waals surface area contributed by atoms with E-state index in [9.17, 15) is 19.2 Å². The van der Waals surface area contributed by atoms with Crippen molar-refractivity contribution in [2.45, 2.75) is 131 Å². The smallest absolute Gasteiger partial charge is 0.137 e. The van der Waals surface area contributed by atoms with Crippen molar-refractivity contribution in [2.75, 3.05) is 0 Å². The number of aliphatic imine (C=N–C) groups is 2. The van der Waals surface area contributed by atoms with E-state index in [1.165, 1.54) is 0 Å². The third-order valence-corrected chi connectivity index (χ3v) is 7.90. The summed E-state index contributed by atoms with van der Waals surface area (Å²) < 4.78 is 0. The van der Waals surface area contributed by atoms with E-state index >= 15 is 0 Å². The molecule has 0 aliphatic carbocycles. The molecule has 0 saturated carbocycles. The molecule has 0 aromatic heterocycles. The number of benzene rings is 2. The summed E-state index contributed by atoms with van der Waals surface area (Å²) in [5.74, 6) is 0.562. The van der Waals surface area contributed by atoms with Crippen LogP contribution in [-0.2, 0) is 65.3 Å². The SMILES string of the molecule is CCCCC(=Nc1ccc(CC(=O)CC)c(CC(=O)CC)c1)C(CCCC)=Nc1ccc(CC(=O)CC)c(CC(=O)CC)c1.[Pd]. The first-order chi connectivity index (χ1) is 21.2. The van der Waals surface area contributed by atoms with Crippen LogP contribution in [0.5, 0.6) is 0 Å². The molecule has 45 heavy (non-hydrogen) atoms. The van der Waals surface area contributed by atoms with Crippen LogP contribution >= 0.6 is 0 Å². The maximum atomic E-state index is 12.4. The molecule has 0 amide bonds. The molecule has 0 atom stereocenters. The Morgan fingerprint density at radius 1 is 0.489 bits per heavy atom. The maximum Gasteiger partial charge on any atom is 0.137 e. The molecule has 2 aromatic carbocycles.